The Hall–Kier alpha value is -2.99. The molecule has 0 bridgehead atoms. The van der Waals surface area contributed by atoms with Crippen LogP contribution in [-0.4, -0.2) is 102 Å². The number of thioether (sulfide) groups is 1. The van der Waals surface area contributed by atoms with Gasteiger partial charge in [0, 0.05) is 63.4 Å². The molecule has 0 aromatic carbocycles. The molecule has 0 radical (unpaired) electrons. The number of H-pyrrole nitrogens is 1. The van der Waals surface area contributed by atoms with Crippen molar-refractivity contribution in [2.75, 3.05) is 39.7 Å². The molecule has 48 heavy (non-hydrogen) atoms. The zero-order chi connectivity index (χ0) is 34.7. The Morgan fingerprint density at radius 1 is 1.12 bits per heavy atom. The predicted molar refractivity (Wildman–Crippen MR) is 176 cm³/mol. The second kappa shape index (κ2) is 18.1. The summed E-state index contributed by atoms with van der Waals surface area (Å²) in [6, 6.07) is 0.238. The number of unbranched alkanes of at least 4 members (excludes halogenated alkanes) is 3. The van der Waals surface area contributed by atoms with Crippen LogP contribution in [0, 0.1) is 0 Å². The first-order valence-electron chi connectivity index (χ1n) is 16.0. The SMILES string of the molecule is COC1CC(n2cc(/C=C/C(=O)NCCCCCCNC(=O)CCCC3SCC4NC(=O)NC43)c(=O)[nH]c2=O)OC1COP(=O)(O)OC. The summed E-state index contributed by atoms with van der Waals surface area (Å²) in [5.74, 6) is 0.532. The van der Waals surface area contributed by atoms with E-state index in [9.17, 15) is 33.4 Å². The van der Waals surface area contributed by atoms with Crippen LogP contribution in [0.3, 0.4) is 0 Å². The van der Waals surface area contributed by atoms with Crippen LogP contribution in [0.25, 0.3) is 6.08 Å². The van der Waals surface area contributed by atoms with Gasteiger partial charge >= 0.3 is 19.5 Å². The van der Waals surface area contributed by atoms with Gasteiger partial charge in [-0.25, -0.2) is 14.2 Å². The van der Waals surface area contributed by atoms with E-state index in [1.165, 1.54) is 25.5 Å². The van der Waals surface area contributed by atoms with E-state index in [1.807, 2.05) is 11.8 Å². The van der Waals surface area contributed by atoms with Crippen LogP contribution in [0.15, 0.2) is 21.9 Å². The van der Waals surface area contributed by atoms with Crippen molar-refractivity contribution in [2.45, 2.75) is 87.1 Å². The van der Waals surface area contributed by atoms with Crippen molar-refractivity contribution in [3.8, 4) is 0 Å². The molecule has 0 spiro atoms. The van der Waals surface area contributed by atoms with E-state index in [0.717, 1.165) is 56.0 Å². The molecule has 7 unspecified atom stereocenters. The second-order valence-corrected chi connectivity index (χ2v) is 14.6. The molecule has 4 amide bonds. The van der Waals surface area contributed by atoms with Crippen molar-refractivity contribution in [3.63, 3.8) is 0 Å². The van der Waals surface area contributed by atoms with Gasteiger partial charge in [0.05, 0.1) is 30.4 Å². The number of nitrogens with one attached hydrogen (secondary N) is 5. The van der Waals surface area contributed by atoms with Crippen molar-refractivity contribution in [1.82, 2.24) is 30.8 Å². The average Bonchev–Trinajstić information content (AvgIpc) is 3.75. The molecule has 268 valence electrons. The summed E-state index contributed by atoms with van der Waals surface area (Å²) in [7, 11) is -1.80. The van der Waals surface area contributed by atoms with Crippen molar-refractivity contribution in [3.05, 3.63) is 38.7 Å². The van der Waals surface area contributed by atoms with E-state index >= 15 is 0 Å². The normalized spacial score (nSPS) is 26.2. The van der Waals surface area contributed by atoms with Crippen molar-refractivity contribution in [2.24, 2.45) is 0 Å². The van der Waals surface area contributed by atoms with Crippen LogP contribution in [0.1, 0.15) is 63.2 Å². The number of aromatic amines is 1. The fraction of sp³-hybridized carbons (Fsp3) is 0.690. The largest absolute Gasteiger partial charge is 0.472 e. The predicted octanol–water partition coefficient (Wildman–Crippen LogP) is 0.744. The van der Waals surface area contributed by atoms with Crippen molar-refractivity contribution >= 4 is 43.5 Å². The Kier molecular flexibility index (Phi) is 14.3. The average molecular weight is 717 g/mol. The van der Waals surface area contributed by atoms with Gasteiger partial charge in [-0.15, -0.1) is 0 Å². The summed E-state index contributed by atoms with van der Waals surface area (Å²) in [4.78, 5) is 72.6. The molecule has 19 heteroatoms. The number of hydrogen-bond acceptors (Lipinski definition) is 11. The number of amides is 4. The summed E-state index contributed by atoms with van der Waals surface area (Å²) in [5, 5.41) is 11.9. The topological polar surface area (TPSA) is 228 Å². The molecule has 3 aliphatic heterocycles. The molecule has 6 N–H and O–H groups in total. The monoisotopic (exact) mass is 716 g/mol. The molecule has 3 saturated heterocycles. The molecule has 4 heterocycles. The molecular formula is C29H45N6O11PS. The van der Waals surface area contributed by atoms with Crippen molar-refractivity contribution < 1.29 is 42.4 Å². The van der Waals surface area contributed by atoms with E-state index < -0.39 is 43.4 Å². The highest BCUT2D eigenvalue weighted by molar-refractivity contribution is 8.00. The minimum Gasteiger partial charge on any atom is -0.378 e. The molecule has 0 aliphatic carbocycles. The number of ether oxygens (including phenoxy) is 2. The number of hydrogen-bond donors (Lipinski definition) is 6. The fourth-order valence-electron chi connectivity index (χ4n) is 5.79. The highest BCUT2D eigenvalue weighted by atomic mass is 32.2. The number of nitrogens with zero attached hydrogens (tertiary/aromatic N) is 1. The van der Waals surface area contributed by atoms with Crippen LogP contribution < -0.4 is 32.5 Å². The summed E-state index contributed by atoms with van der Waals surface area (Å²) >= 11 is 1.84. The minimum atomic E-state index is -4.25. The van der Waals surface area contributed by atoms with Gasteiger partial charge in [0.2, 0.25) is 11.8 Å². The number of rotatable bonds is 19. The number of phosphoric acid groups is 1. The van der Waals surface area contributed by atoms with E-state index in [2.05, 4.69) is 30.8 Å². The first kappa shape index (κ1) is 37.8. The summed E-state index contributed by atoms with van der Waals surface area (Å²) in [6.07, 6.45) is 7.19. The zero-order valence-corrected chi connectivity index (χ0v) is 28.7. The Morgan fingerprint density at radius 3 is 2.60 bits per heavy atom. The lowest BCUT2D eigenvalue weighted by Gasteiger charge is -2.18. The Bertz CT molecular complexity index is 1470. The van der Waals surface area contributed by atoms with Crippen molar-refractivity contribution in [1.29, 1.82) is 0 Å². The minimum absolute atomic E-state index is 0.0308. The van der Waals surface area contributed by atoms with Gasteiger partial charge in [-0.2, -0.15) is 11.8 Å². The maximum atomic E-state index is 12.5. The maximum Gasteiger partial charge on any atom is 0.472 e. The standard InChI is InChI=1S/C29H45N6O11PS/c1-43-20-14-25(46-21(20)16-45-47(41,42)44-2)35-15-18(27(38)34-29(35)40)10-11-24(37)31-13-6-4-3-5-12-30-23(36)9-7-8-22-26-19(17-48-22)32-28(39)33-26/h10-11,15,19-22,25-26H,3-9,12-14,16-17H2,1-2H3,(H,30,36)(H,31,37)(H,41,42)(H2,32,33,39)(H,34,38,40)/b11-10+. The third-order valence-corrected chi connectivity index (χ3v) is 10.8. The quantitative estimate of drug-likeness (QED) is 0.0505. The highest BCUT2D eigenvalue weighted by Gasteiger charge is 2.42. The number of methoxy groups -OCH3 is 1. The molecule has 4 rings (SSSR count). The molecule has 17 nitrogen and oxygen atoms in total. The third kappa shape index (κ3) is 11.0. The van der Waals surface area contributed by atoms with Crippen LogP contribution >= 0.6 is 19.6 Å². The summed E-state index contributed by atoms with van der Waals surface area (Å²) in [6.45, 7) is 0.698. The van der Waals surface area contributed by atoms with Crippen LogP contribution in [0.2, 0.25) is 0 Å². The first-order valence-corrected chi connectivity index (χ1v) is 18.5. The van der Waals surface area contributed by atoms with Gasteiger partial charge in [0.25, 0.3) is 5.56 Å². The van der Waals surface area contributed by atoms with Gasteiger partial charge in [-0.05, 0) is 31.8 Å². The first-order chi connectivity index (χ1) is 23.0. The summed E-state index contributed by atoms with van der Waals surface area (Å²) in [5.41, 5.74) is -1.37. The molecule has 3 fully saturated rings. The molecule has 1 aromatic rings. The third-order valence-electron chi connectivity index (χ3n) is 8.39. The van der Waals surface area contributed by atoms with Gasteiger partial charge in [0.15, 0.2) is 0 Å². The highest BCUT2D eigenvalue weighted by Crippen LogP contribution is 2.43. The Labute approximate surface area is 281 Å². The summed E-state index contributed by atoms with van der Waals surface area (Å²) < 4.78 is 33.3. The fourth-order valence-corrected chi connectivity index (χ4v) is 7.77. The molecule has 7 atom stereocenters. The number of carbonyl (C=O) groups is 3. The maximum absolute atomic E-state index is 12.5. The second-order valence-electron chi connectivity index (χ2n) is 11.7. The zero-order valence-electron chi connectivity index (χ0n) is 27.0. The van der Waals surface area contributed by atoms with E-state index in [-0.39, 0.29) is 42.6 Å². The number of aromatic nitrogens is 2. The van der Waals surface area contributed by atoms with Gasteiger partial charge < -0.3 is 35.6 Å². The number of carbonyl (C=O) groups excluding carboxylic acids is 3. The Balaban J connectivity index is 1.09. The Morgan fingerprint density at radius 2 is 1.88 bits per heavy atom. The molecular weight excluding hydrogens is 671 g/mol. The number of urea groups is 1. The van der Waals surface area contributed by atoms with Gasteiger partial charge in [0.1, 0.15) is 12.3 Å². The lowest BCUT2D eigenvalue weighted by molar-refractivity contribution is -0.121. The smallest absolute Gasteiger partial charge is 0.378 e. The van der Waals surface area contributed by atoms with Crippen LogP contribution in [0.5, 0.6) is 0 Å². The number of phosphoric ester groups is 1. The van der Waals surface area contributed by atoms with E-state index in [4.69, 9.17) is 14.0 Å². The van der Waals surface area contributed by atoms with E-state index in [0.29, 0.717) is 24.8 Å². The lowest BCUT2D eigenvalue weighted by Crippen LogP contribution is -2.37. The van der Waals surface area contributed by atoms with Crippen LogP contribution in [-0.2, 0) is 32.7 Å². The molecule has 0 saturated carbocycles. The van der Waals surface area contributed by atoms with Gasteiger partial charge in [-0.3, -0.25) is 33.0 Å². The lowest BCUT2D eigenvalue weighted by atomic mass is 10.0. The van der Waals surface area contributed by atoms with Gasteiger partial charge in [-0.1, -0.05) is 12.8 Å². The number of fused-ring (bicyclic) bond motifs is 1. The molecule has 3 aliphatic rings. The van der Waals surface area contributed by atoms with Crippen LogP contribution in [0.4, 0.5) is 4.79 Å². The molecule has 1 aromatic heterocycles. The van der Waals surface area contributed by atoms with E-state index in [1.54, 1.807) is 0 Å².